The Balaban J connectivity index is 1.86. The average Bonchev–Trinajstić information content (AvgIpc) is 2.82. The molecule has 0 bridgehead atoms. The molecule has 2 aromatic rings. The molecular weight excluding hydrogens is 204 g/mol. The Morgan fingerprint density at radius 2 is 2.38 bits per heavy atom. The van der Waals surface area contributed by atoms with Crippen molar-refractivity contribution >= 4 is 10.9 Å². The number of hydrogen-bond donors (Lipinski definition) is 0. The van der Waals surface area contributed by atoms with Crippen molar-refractivity contribution in [2.75, 3.05) is 13.2 Å². The van der Waals surface area contributed by atoms with E-state index < -0.39 is 0 Å². The lowest BCUT2D eigenvalue weighted by atomic mass is 10.2. The summed E-state index contributed by atoms with van der Waals surface area (Å²) in [5.41, 5.74) is 0.909. The van der Waals surface area contributed by atoms with Gasteiger partial charge in [-0.15, -0.1) is 0 Å². The summed E-state index contributed by atoms with van der Waals surface area (Å²) >= 11 is 0. The first-order chi connectivity index (χ1) is 7.92. The van der Waals surface area contributed by atoms with E-state index in [1.54, 1.807) is 12.5 Å². The summed E-state index contributed by atoms with van der Waals surface area (Å²) in [5, 5.41) is 1.03. The number of benzene rings is 1. The molecule has 1 aliphatic rings. The Morgan fingerprint density at radius 1 is 1.38 bits per heavy atom. The van der Waals surface area contributed by atoms with Gasteiger partial charge in [0, 0.05) is 24.1 Å². The van der Waals surface area contributed by atoms with Gasteiger partial charge in [-0.2, -0.15) is 0 Å². The number of fused-ring (bicyclic) bond motifs is 1. The van der Waals surface area contributed by atoms with Crippen LogP contribution >= 0.6 is 0 Å². The first-order valence-electron chi connectivity index (χ1n) is 5.36. The number of ether oxygens (including phenoxy) is 2. The van der Waals surface area contributed by atoms with Crippen molar-refractivity contribution in [2.24, 2.45) is 0 Å². The normalized spacial score (nSPS) is 20.1. The third-order valence-corrected chi connectivity index (χ3v) is 2.67. The van der Waals surface area contributed by atoms with Gasteiger partial charge in [0.2, 0.25) is 0 Å². The van der Waals surface area contributed by atoms with Crippen molar-refractivity contribution in [3.63, 3.8) is 0 Å². The maximum Gasteiger partial charge on any atom is 0.124 e. The lowest BCUT2D eigenvalue weighted by molar-refractivity contribution is 0.141. The molecule has 0 saturated carbocycles. The van der Waals surface area contributed by atoms with Crippen LogP contribution in [0.15, 0.2) is 30.7 Å². The zero-order valence-corrected chi connectivity index (χ0v) is 8.80. The number of hydrogen-bond acceptors (Lipinski definition) is 4. The van der Waals surface area contributed by atoms with E-state index in [0.717, 1.165) is 29.7 Å². The second-order valence-electron chi connectivity index (χ2n) is 3.85. The van der Waals surface area contributed by atoms with E-state index in [-0.39, 0.29) is 6.10 Å². The van der Waals surface area contributed by atoms with Crippen LogP contribution in [-0.2, 0) is 4.74 Å². The van der Waals surface area contributed by atoms with Gasteiger partial charge in [0.1, 0.15) is 18.2 Å². The Labute approximate surface area is 93.2 Å². The minimum Gasteiger partial charge on any atom is -0.488 e. The molecule has 1 fully saturated rings. The minimum absolute atomic E-state index is 0.180. The predicted octanol–water partition coefficient (Wildman–Crippen LogP) is 1.80. The quantitative estimate of drug-likeness (QED) is 0.767. The summed E-state index contributed by atoms with van der Waals surface area (Å²) in [5.74, 6) is 0.849. The van der Waals surface area contributed by atoms with E-state index in [2.05, 4.69) is 9.97 Å². The fourth-order valence-electron chi connectivity index (χ4n) is 1.83. The molecule has 1 atom stereocenters. The molecule has 1 saturated heterocycles. The van der Waals surface area contributed by atoms with Crippen LogP contribution in [0.3, 0.4) is 0 Å². The molecule has 0 aliphatic carbocycles. The molecule has 16 heavy (non-hydrogen) atoms. The Morgan fingerprint density at radius 3 is 3.25 bits per heavy atom. The van der Waals surface area contributed by atoms with Gasteiger partial charge >= 0.3 is 0 Å². The van der Waals surface area contributed by atoms with E-state index in [9.17, 15) is 0 Å². The molecule has 0 amide bonds. The average molecular weight is 216 g/mol. The molecule has 0 spiro atoms. The third-order valence-electron chi connectivity index (χ3n) is 2.67. The second kappa shape index (κ2) is 4.06. The van der Waals surface area contributed by atoms with Crippen LogP contribution in [0, 0.1) is 0 Å². The molecule has 1 aromatic heterocycles. The van der Waals surface area contributed by atoms with Crippen LogP contribution in [0.2, 0.25) is 0 Å². The van der Waals surface area contributed by atoms with Crippen LogP contribution < -0.4 is 4.74 Å². The number of nitrogens with zero attached hydrogens (tertiary/aromatic N) is 2. The second-order valence-corrected chi connectivity index (χ2v) is 3.85. The first kappa shape index (κ1) is 9.54. The van der Waals surface area contributed by atoms with Gasteiger partial charge in [-0.25, -0.2) is 9.97 Å². The Hall–Kier alpha value is -1.68. The van der Waals surface area contributed by atoms with E-state index in [1.165, 1.54) is 0 Å². The van der Waals surface area contributed by atoms with Crippen molar-refractivity contribution in [3.8, 4) is 5.75 Å². The molecule has 0 N–H and O–H groups in total. The third kappa shape index (κ3) is 1.84. The molecule has 82 valence electrons. The van der Waals surface area contributed by atoms with Crippen molar-refractivity contribution in [1.82, 2.24) is 9.97 Å². The van der Waals surface area contributed by atoms with Crippen molar-refractivity contribution in [3.05, 3.63) is 30.7 Å². The molecular formula is C12H12N2O2. The summed E-state index contributed by atoms with van der Waals surface area (Å²) in [7, 11) is 0. The highest BCUT2D eigenvalue weighted by Crippen LogP contribution is 2.21. The molecule has 1 aromatic carbocycles. The first-order valence-corrected chi connectivity index (χ1v) is 5.36. The summed E-state index contributed by atoms with van der Waals surface area (Å²) < 4.78 is 11.1. The molecule has 4 nitrogen and oxygen atoms in total. The highest BCUT2D eigenvalue weighted by molar-refractivity contribution is 5.78. The van der Waals surface area contributed by atoms with Crippen LogP contribution in [0.1, 0.15) is 6.42 Å². The van der Waals surface area contributed by atoms with Gasteiger partial charge in [-0.05, 0) is 12.1 Å². The zero-order chi connectivity index (χ0) is 10.8. The number of aromatic nitrogens is 2. The minimum atomic E-state index is 0.180. The molecule has 0 unspecified atom stereocenters. The molecule has 2 heterocycles. The van der Waals surface area contributed by atoms with Crippen LogP contribution in [0.5, 0.6) is 5.75 Å². The topological polar surface area (TPSA) is 44.2 Å². The lowest BCUT2D eigenvalue weighted by Crippen LogP contribution is -2.15. The van der Waals surface area contributed by atoms with E-state index in [0.29, 0.717) is 6.61 Å². The van der Waals surface area contributed by atoms with Crippen LogP contribution in [0.4, 0.5) is 0 Å². The maximum atomic E-state index is 5.80. The van der Waals surface area contributed by atoms with Crippen molar-refractivity contribution < 1.29 is 9.47 Å². The standard InChI is InChI=1S/C12H12N2O2/c1-2-10(16-11-3-4-15-7-11)5-12-9(1)6-13-8-14-12/h1-2,5-6,8,11H,3-4,7H2/t11-/m0/s1. The fraction of sp³-hybridized carbons (Fsp3) is 0.333. The van der Waals surface area contributed by atoms with E-state index in [4.69, 9.17) is 9.47 Å². The monoisotopic (exact) mass is 216 g/mol. The van der Waals surface area contributed by atoms with Crippen molar-refractivity contribution in [1.29, 1.82) is 0 Å². The molecule has 1 aliphatic heterocycles. The van der Waals surface area contributed by atoms with Gasteiger partial charge in [0.05, 0.1) is 18.7 Å². The van der Waals surface area contributed by atoms with Gasteiger partial charge < -0.3 is 9.47 Å². The van der Waals surface area contributed by atoms with Gasteiger partial charge in [-0.1, -0.05) is 0 Å². The largest absolute Gasteiger partial charge is 0.488 e. The summed E-state index contributed by atoms with van der Waals surface area (Å²) in [6, 6.07) is 5.86. The summed E-state index contributed by atoms with van der Waals surface area (Å²) in [4.78, 5) is 8.17. The Bertz CT molecular complexity index is 495. The number of rotatable bonds is 2. The van der Waals surface area contributed by atoms with Gasteiger partial charge in [0.15, 0.2) is 0 Å². The Kier molecular flexibility index (Phi) is 2.42. The maximum absolute atomic E-state index is 5.80. The smallest absolute Gasteiger partial charge is 0.124 e. The molecule has 4 heteroatoms. The van der Waals surface area contributed by atoms with Crippen molar-refractivity contribution in [2.45, 2.75) is 12.5 Å². The predicted molar refractivity (Wildman–Crippen MR) is 59.4 cm³/mol. The highest BCUT2D eigenvalue weighted by atomic mass is 16.5. The molecule has 0 radical (unpaired) electrons. The van der Waals surface area contributed by atoms with Crippen LogP contribution in [-0.4, -0.2) is 29.3 Å². The van der Waals surface area contributed by atoms with Gasteiger partial charge in [-0.3, -0.25) is 0 Å². The van der Waals surface area contributed by atoms with Crippen LogP contribution in [0.25, 0.3) is 10.9 Å². The fourth-order valence-corrected chi connectivity index (χ4v) is 1.83. The van der Waals surface area contributed by atoms with E-state index in [1.807, 2.05) is 18.2 Å². The SMILES string of the molecule is c1ncc2ccc(O[C@H]3CCOC3)cc2n1. The summed E-state index contributed by atoms with van der Waals surface area (Å²) in [6.45, 7) is 1.47. The van der Waals surface area contributed by atoms with E-state index >= 15 is 0 Å². The highest BCUT2D eigenvalue weighted by Gasteiger charge is 2.17. The summed E-state index contributed by atoms with van der Waals surface area (Å²) in [6.07, 6.45) is 4.48. The van der Waals surface area contributed by atoms with Gasteiger partial charge in [0.25, 0.3) is 0 Å². The zero-order valence-electron chi connectivity index (χ0n) is 8.80. The lowest BCUT2D eigenvalue weighted by Gasteiger charge is -2.11. The molecule has 3 rings (SSSR count).